The first-order valence-electron chi connectivity index (χ1n) is 18.3. The molecule has 1 nitrogen and oxygen atoms in total. The van der Waals surface area contributed by atoms with Crippen LogP contribution < -0.4 is 0 Å². The Labute approximate surface area is 307 Å². The molecular formula is C52H32O. The second-order valence-electron chi connectivity index (χ2n) is 13.9. The topological polar surface area (TPSA) is 13.1 Å². The van der Waals surface area contributed by atoms with Gasteiger partial charge in [0.05, 0.1) is 0 Å². The van der Waals surface area contributed by atoms with Crippen LogP contribution in [0, 0.1) is 0 Å². The summed E-state index contributed by atoms with van der Waals surface area (Å²) in [5.74, 6) is 0. The summed E-state index contributed by atoms with van der Waals surface area (Å²) in [6.07, 6.45) is 0. The maximum atomic E-state index is 6.86. The van der Waals surface area contributed by atoms with Crippen LogP contribution in [0.1, 0.15) is 0 Å². The molecule has 0 amide bonds. The molecule has 0 radical (unpaired) electrons. The predicted octanol–water partition coefficient (Wildman–Crippen LogP) is 14.9. The summed E-state index contributed by atoms with van der Waals surface area (Å²) in [7, 11) is 0. The molecule has 0 saturated heterocycles. The van der Waals surface area contributed by atoms with Crippen LogP contribution >= 0.6 is 0 Å². The fourth-order valence-electron chi connectivity index (χ4n) is 8.80. The number of hydrogen-bond donors (Lipinski definition) is 0. The lowest BCUT2D eigenvalue weighted by Crippen LogP contribution is -1.94. The highest BCUT2D eigenvalue weighted by Crippen LogP contribution is 2.51. The zero-order chi connectivity index (χ0) is 34.9. The van der Waals surface area contributed by atoms with Gasteiger partial charge in [0, 0.05) is 21.9 Å². The Balaban J connectivity index is 1.26. The van der Waals surface area contributed by atoms with Gasteiger partial charge in [0.2, 0.25) is 0 Å². The largest absolute Gasteiger partial charge is 0.455 e. The van der Waals surface area contributed by atoms with Gasteiger partial charge in [-0.25, -0.2) is 0 Å². The Kier molecular flexibility index (Phi) is 6.62. The molecule has 0 aliphatic rings. The van der Waals surface area contributed by atoms with Crippen LogP contribution in [-0.2, 0) is 0 Å². The van der Waals surface area contributed by atoms with E-state index in [1.165, 1.54) is 70.9 Å². The van der Waals surface area contributed by atoms with Gasteiger partial charge in [-0.05, 0) is 88.6 Å². The highest BCUT2D eigenvalue weighted by Gasteiger charge is 2.24. The SMILES string of the molecule is c1ccc(-c2ccc3c(oc4ccccc43)c2-c2c3ccccc3c(-c3ccc(-c4cccc5ccccc45)c4ccccc34)c3ccccc23)cc1. The minimum atomic E-state index is 0.900. The molecule has 11 aromatic rings. The summed E-state index contributed by atoms with van der Waals surface area (Å²) >= 11 is 0. The van der Waals surface area contributed by atoms with E-state index in [2.05, 4.69) is 194 Å². The van der Waals surface area contributed by atoms with Crippen molar-refractivity contribution in [2.75, 3.05) is 0 Å². The third-order valence-electron chi connectivity index (χ3n) is 11.1. The summed E-state index contributed by atoms with van der Waals surface area (Å²) < 4.78 is 6.86. The molecule has 246 valence electrons. The molecule has 0 bridgehead atoms. The molecule has 0 atom stereocenters. The molecule has 0 aliphatic carbocycles. The highest BCUT2D eigenvalue weighted by atomic mass is 16.3. The normalized spacial score (nSPS) is 11.8. The van der Waals surface area contributed by atoms with Crippen LogP contribution in [0.5, 0.6) is 0 Å². The summed E-state index contributed by atoms with van der Waals surface area (Å²) in [6, 6.07) is 70.4. The van der Waals surface area contributed by atoms with E-state index in [1.54, 1.807) is 0 Å². The standard InChI is InChI=1S/C52H32O/c1-2-15-34(16-3-1)36-29-32-47-41-22-12-13-28-48(41)53-52(47)51(36)50-44-25-10-8-23-42(44)49(43-24-9-11-26-45(43)50)46-31-30-40(38-20-6-7-21-39(38)46)37-27-14-18-33-17-4-5-19-35(33)37/h1-32H. The van der Waals surface area contributed by atoms with Crippen LogP contribution in [0.2, 0.25) is 0 Å². The van der Waals surface area contributed by atoms with Crippen LogP contribution in [-0.4, -0.2) is 0 Å². The Morgan fingerprint density at radius 3 is 1.45 bits per heavy atom. The molecule has 1 heterocycles. The fraction of sp³-hybridized carbons (Fsp3) is 0. The van der Waals surface area contributed by atoms with Crippen LogP contribution in [0.25, 0.3) is 110 Å². The van der Waals surface area contributed by atoms with E-state index >= 15 is 0 Å². The molecule has 0 spiro atoms. The van der Waals surface area contributed by atoms with Gasteiger partial charge in [-0.1, -0.05) is 182 Å². The molecule has 0 N–H and O–H groups in total. The van der Waals surface area contributed by atoms with E-state index in [9.17, 15) is 0 Å². The lowest BCUT2D eigenvalue weighted by molar-refractivity contribution is 0.670. The lowest BCUT2D eigenvalue weighted by Gasteiger charge is -2.21. The van der Waals surface area contributed by atoms with E-state index in [4.69, 9.17) is 4.42 Å². The first kappa shape index (κ1) is 29.7. The first-order valence-corrected chi connectivity index (χ1v) is 18.3. The third-order valence-corrected chi connectivity index (χ3v) is 11.1. The van der Waals surface area contributed by atoms with Crippen molar-refractivity contribution in [3.63, 3.8) is 0 Å². The van der Waals surface area contributed by atoms with Crippen LogP contribution in [0.4, 0.5) is 0 Å². The van der Waals surface area contributed by atoms with E-state index in [-0.39, 0.29) is 0 Å². The second-order valence-corrected chi connectivity index (χ2v) is 13.9. The monoisotopic (exact) mass is 672 g/mol. The second kappa shape index (κ2) is 11.8. The quantitative estimate of drug-likeness (QED) is 0.170. The lowest BCUT2D eigenvalue weighted by atomic mass is 9.82. The molecule has 0 aliphatic heterocycles. The van der Waals surface area contributed by atoms with Crippen molar-refractivity contribution in [1.29, 1.82) is 0 Å². The van der Waals surface area contributed by atoms with Crippen molar-refractivity contribution < 1.29 is 4.42 Å². The number of rotatable bonds is 4. The molecular weight excluding hydrogens is 641 g/mol. The van der Waals surface area contributed by atoms with Gasteiger partial charge in [0.15, 0.2) is 0 Å². The van der Waals surface area contributed by atoms with Crippen molar-refractivity contribution in [3.8, 4) is 44.5 Å². The number of furan rings is 1. The number of fused-ring (bicyclic) bond motifs is 7. The Morgan fingerprint density at radius 2 is 0.736 bits per heavy atom. The molecule has 0 unspecified atom stereocenters. The van der Waals surface area contributed by atoms with E-state index in [0.717, 1.165) is 38.6 Å². The van der Waals surface area contributed by atoms with Gasteiger partial charge in [0.25, 0.3) is 0 Å². The fourth-order valence-corrected chi connectivity index (χ4v) is 8.80. The number of benzene rings is 10. The smallest absolute Gasteiger partial charge is 0.143 e. The maximum absolute atomic E-state index is 6.86. The average molecular weight is 673 g/mol. The average Bonchev–Trinajstić information content (AvgIpc) is 3.61. The van der Waals surface area contributed by atoms with E-state index in [1.807, 2.05) is 0 Å². The Hall–Kier alpha value is -6.96. The van der Waals surface area contributed by atoms with Crippen LogP contribution in [0.15, 0.2) is 199 Å². The van der Waals surface area contributed by atoms with Gasteiger partial charge < -0.3 is 4.42 Å². The van der Waals surface area contributed by atoms with Crippen molar-refractivity contribution in [3.05, 3.63) is 194 Å². The Bertz CT molecular complexity index is 3160. The zero-order valence-electron chi connectivity index (χ0n) is 28.9. The number of para-hydroxylation sites is 1. The molecule has 1 heteroatoms. The minimum absolute atomic E-state index is 0.900. The van der Waals surface area contributed by atoms with Crippen molar-refractivity contribution >= 4 is 65.0 Å². The van der Waals surface area contributed by atoms with E-state index < -0.39 is 0 Å². The predicted molar refractivity (Wildman–Crippen MR) is 225 cm³/mol. The summed E-state index contributed by atoms with van der Waals surface area (Å²) in [5.41, 5.74) is 11.4. The van der Waals surface area contributed by atoms with Gasteiger partial charge in [-0.15, -0.1) is 0 Å². The van der Waals surface area contributed by atoms with Gasteiger partial charge in [-0.2, -0.15) is 0 Å². The highest BCUT2D eigenvalue weighted by molar-refractivity contribution is 6.27. The van der Waals surface area contributed by atoms with Gasteiger partial charge >= 0.3 is 0 Å². The molecule has 1 aromatic heterocycles. The first-order chi connectivity index (χ1) is 26.3. The Morgan fingerprint density at radius 1 is 0.245 bits per heavy atom. The number of hydrogen-bond acceptors (Lipinski definition) is 1. The van der Waals surface area contributed by atoms with Gasteiger partial charge in [0.1, 0.15) is 11.2 Å². The molecule has 53 heavy (non-hydrogen) atoms. The molecule has 0 saturated carbocycles. The molecule has 10 aromatic carbocycles. The molecule has 11 rings (SSSR count). The molecule has 0 fully saturated rings. The van der Waals surface area contributed by atoms with E-state index in [0.29, 0.717) is 0 Å². The summed E-state index contributed by atoms with van der Waals surface area (Å²) in [6.45, 7) is 0. The third kappa shape index (κ3) is 4.51. The van der Waals surface area contributed by atoms with Gasteiger partial charge in [-0.3, -0.25) is 0 Å². The minimum Gasteiger partial charge on any atom is -0.455 e. The summed E-state index contributed by atoms with van der Waals surface area (Å²) in [4.78, 5) is 0. The van der Waals surface area contributed by atoms with Crippen molar-refractivity contribution in [2.45, 2.75) is 0 Å². The maximum Gasteiger partial charge on any atom is 0.143 e. The summed E-state index contributed by atoms with van der Waals surface area (Å²) in [5, 5.41) is 12.1. The van der Waals surface area contributed by atoms with Crippen molar-refractivity contribution in [1.82, 2.24) is 0 Å². The zero-order valence-corrected chi connectivity index (χ0v) is 28.9. The van der Waals surface area contributed by atoms with Crippen LogP contribution in [0.3, 0.4) is 0 Å². The van der Waals surface area contributed by atoms with Crippen molar-refractivity contribution in [2.24, 2.45) is 0 Å².